The van der Waals surface area contributed by atoms with Gasteiger partial charge in [-0.2, -0.15) is 0 Å². The van der Waals surface area contributed by atoms with Crippen LogP contribution in [0.4, 0.5) is 0 Å². The zero-order chi connectivity index (χ0) is 13.8. The standard InChI is InChI=1S/C14H17N3OS/c1-3-17(4-2)14(18)11-8-6-5-7-10(11)13-15-9-12(19)16-13/h5-8H,3-4,9H2,1-2H3,(H,15,16,19). The summed E-state index contributed by atoms with van der Waals surface area (Å²) in [4.78, 5) is 19.3. The zero-order valence-electron chi connectivity index (χ0n) is 11.1. The molecule has 4 nitrogen and oxygen atoms in total. The Balaban J connectivity index is 2.36. The maximum absolute atomic E-state index is 12.5. The Morgan fingerprint density at radius 3 is 2.63 bits per heavy atom. The van der Waals surface area contributed by atoms with E-state index in [9.17, 15) is 4.79 Å². The average Bonchev–Trinajstić information content (AvgIpc) is 2.86. The van der Waals surface area contributed by atoms with Gasteiger partial charge in [-0.1, -0.05) is 30.4 Å². The Bertz CT molecular complexity index is 535. The van der Waals surface area contributed by atoms with E-state index in [2.05, 4.69) is 10.3 Å². The average molecular weight is 275 g/mol. The molecule has 0 aromatic heterocycles. The highest BCUT2D eigenvalue weighted by Gasteiger charge is 2.21. The lowest BCUT2D eigenvalue weighted by Crippen LogP contribution is -2.33. The smallest absolute Gasteiger partial charge is 0.254 e. The molecule has 0 unspecified atom stereocenters. The van der Waals surface area contributed by atoms with Gasteiger partial charge in [0.25, 0.3) is 5.91 Å². The number of carbonyl (C=O) groups excluding carboxylic acids is 1. The lowest BCUT2D eigenvalue weighted by Gasteiger charge is -2.20. The van der Waals surface area contributed by atoms with Crippen molar-refractivity contribution in [2.45, 2.75) is 13.8 Å². The van der Waals surface area contributed by atoms with Crippen LogP contribution in [0.3, 0.4) is 0 Å². The third-order valence-corrected chi connectivity index (χ3v) is 3.33. The first-order valence-electron chi connectivity index (χ1n) is 6.40. The maximum atomic E-state index is 12.5. The van der Waals surface area contributed by atoms with E-state index in [1.165, 1.54) is 0 Å². The van der Waals surface area contributed by atoms with Crippen LogP contribution in [0.25, 0.3) is 0 Å². The number of rotatable bonds is 4. The topological polar surface area (TPSA) is 44.7 Å². The fourth-order valence-electron chi connectivity index (χ4n) is 2.07. The number of aliphatic imine (C=N–C) groups is 1. The first-order chi connectivity index (χ1) is 9.17. The molecule has 0 spiro atoms. The van der Waals surface area contributed by atoms with E-state index >= 15 is 0 Å². The number of nitrogens with zero attached hydrogens (tertiary/aromatic N) is 2. The van der Waals surface area contributed by atoms with Crippen molar-refractivity contribution in [1.29, 1.82) is 0 Å². The van der Waals surface area contributed by atoms with E-state index in [1.807, 2.05) is 38.1 Å². The van der Waals surface area contributed by atoms with Gasteiger partial charge in [-0.05, 0) is 19.9 Å². The summed E-state index contributed by atoms with van der Waals surface area (Å²) >= 11 is 5.08. The third kappa shape index (κ3) is 2.81. The first kappa shape index (κ1) is 13.7. The molecule has 0 saturated carbocycles. The lowest BCUT2D eigenvalue weighted by atomic mass is 10.1. The molecule has 1 aromatic rings. The van der Waals surface area contributed by atoms with Crippen molar-refractivity contribution >= 4 is 28.9 Å². The van der Waals surface area contributed by atoms with Crippen molar-refractivity contribution in [2.24, 2.45) is 4.99 Å². The summed E-state index contributed by atoms with van der Waals surface area (Å²) in [7, 11) is 0. The molecule has 1 aliphatic rings. The van der Waals surface area contributed by atoms with Gasteiger partial charge < -0.3 is 10.2 Å². The van der Waals surface area contributed by atoms with E-state index in [1.54, 1.807) is 4.90 Å². The van der Waals surface area contributed by atoms with Crippen LogP contribution in [0.5, 0.6) is 0 Å². The van der Waals surface area contributed by atoms with Gasteiger partial charge >= 0.3 is 0 Å². The number of amides is 1. The Kier molecular flexibility index (Phi) is 4.27. The van der Waals surface area contributed by atoms with Gasteiger partial charge in [0.2, 0.25) is 0 Å². The van der Waals surface area contributed by atoms with Crippen LogP contribution in [0, 0.1) is 0 Å². The van der Waals surface area contributed by atoms with E-state index in [0.717, 1.165) is 5.56 Å². The fourth-order valence-corrected chi connectivity index (χ4v) is 2.23. The van der Waals surface area contributed by atoms with Crippen LogP contribution in [0.2, 0.25) is 0 Å². The molecule has 2 rings (SSSR count). The molecule has 1 aromatic carbocycles. The molecule has 0 bridgehead atoms. The highest BCUT2D eigenvalue weighted by Crippen LogP contribution is 2.14. The predicted octanol–water partition coefficient (Wildman–Crippen LogP) is 1.85. The second-order valence-electron chi connectivity index (χ2n) is 4.24. The highest BCUT2D eigenvalue weighted by atomic mass is 32.1. The summed E-state index contributed by atoms with van der Waals surface area (Å²) in [6, 6.07) is 7.51. The minimum Gasteiger partial charge on any atom is -0.339 e. The van der Waals surface area contributed by atoms with Gasteiger partial charge in [-0.15, -0.1) is 0 Å². The zero-order valence-corrected chi connectivity index (χ0v) is 12.0. The summed E-state index contributed by atoms with van der Waals surface area (Å²) in [6.45, 7) is 5.84. The molecule has 1 aliphatic heterocycles. The van der Waals surface area contributed by atoms with E-state index in [0.29, 0.717) is 36.0 Å². The largest absolute Gasteiger partial charge is 0.339 e. The summed E-state index contributed by atoms with van der Waals surface area (Å²) in [5, 5.41) is 3.05. The minimum absolute atomic E-state index is 0.0305. The Morgan fingerprint density at radius 1 is 1.37 bits per heavy atom. The number of nitrogens with one attached hydrogen (secondary N) is 1. The molecule has 100 valence electrons. The summed E-state index contributed by atoms with van der Waals surface area (Å²) < 4.78 is 0. The quantitative estimate of drug-likeness (QED) is 0.853. The molecule has 0 radical (unpaired) electrons. The summed E-state index contributed by atoms with van der Waals surface area (Å²) in [5.41, 5.74) is 1.49. The summed E-state index contributed by atoms with van der Waals surface area (Å²) in [5.74, 6) is 0.726. The van der Waals surface area contributed by atoms with Gasteiger partial charge in [0.1, 0.15) is 10.8 Å². The lowest BCUT2D eigenvalue weighted by molar-refractivity contribution is 0.0773. The van der Waals surface area contributed by atoms with Crippen LogP contribution >= 0.6 is 12.2 Å². The third-order valence-electron chi connectivity index (χ3n) is 3.10. The number of thiocarbonyl (C=S) groups is 1. The van der Waals surface area contributed by atoms with Gasteiger partial charge in [0, 0.05) is 18.7 Å². The van der Waals surface area contributed by atoms with Crippen molar-refractivity contribution in [3.63, 3.8) is 0 Å². The minimum atomic E-state index is 0.0305. The molecule has 1 amide bonds. The van der Waals surface area contributed by atoms with Crippen LogP contribution in [-0.2, 0) is 0 Å². The first-order valence-corrected chi connectivity index (χ1v) is 6.81. The Hall–Kier alpha value is -1.75. The molecular formula is C14H17N3OS. The number of hydrogen-bond donors (Lipinski definition) is 1. The Labute approximate surface area is 118 Å². The number of hydrogen-bond acceptors (Lipinski definition) is 3. The van der Waals surface area contributed by atoms with Crippen molar-refractivity contribution in [3.8, 4) is 0 Å². The van der Waals surface area contributed by atoms with Gasteiger partial charge in [-0.25, -0.2) is 0 Å². The second-order valence-corrected chi connectivity index (χ2v) is 4.73. The highest BCUT2D eigenvalue weighted by molar-refractivity contribution is 7.80. The van der Waals surface area contributed by atoms with Crippen molar-refractivity contribution in [1.82, 2.24) is 10.2 Å². The van der Waals surface area contributed by atoms with E-state index < -0.39 is 0 Å². The van der Waals surface area contributed by atoms with Crippen molar-refractivity contribution in [2.75, 3.05) is 19.6 Å². The van der Waals surface area contributed by atoms with Crippen molar-refractivity contribution < 1.29 is 4.79 Å². The van der Waals surface area contributed by atoms with Crippen LogP contribution in [0.1, 0.15) is 29.8 Å². The van der Waals surface area contributed by atoms with Gasteiger partial charge in [0.15, 0.2) is 0 Å². The van der Waals surface area contributed by atoms with Crippen LogP contribution < -0.4 is 5.32 Å². The molecule has 1 heterocycles. The number of benzene rings is 1. The predicted molar refractivity (Wildman–Crippen MR) is 80.8 cm³/mol. The van der Waals surface area contributed by atoms with Crippen LogP contribution in [0.15, 0.2) is 29.3 Å². The number of amidine groups is 1. The normalized spacial score (nSPS) is 14.0. The molecule has 1 N–H and O–H groups in total. The molecule has 0 aliphatic carbocycles. The van der Waals surface area contributed by atoms with Crippen molar-refractivity contribution in [3.05, 3.63) is 35.4 Å². The second kappa shape index (κ2) is 5.93. The molecule has 0 atom stereocenters. The molecule has 0 fully saturated rings. The maximum Gasteiger partial charge on any atom is 0.254 e. The van der Waals surface area contributed by atoms with Gasteiger partial charge in [-0.3, -0.25) is 9.79 Å². The van der Waals surface area contributed by atoms with E-state index in [4.69, 9.17) is 12.2 Å². The Morgan fingerprint density at radius 2 is 2.05 bits per heavy atom. The summed E-state index contributed by atoms with van der Waals surface area (Å²) in [6.07, 6.45) is 0. The van der Waals surface area contributed by atoms with Crippen LogP contribution in [-0.4, -0.2) is 41.3 Å². The fraction of sp³-hybridized carbons (Fsp3) is 0.357. The SMILES string of the molecule is CCN(CC)C(=O)c1ccccc1C1=NCC(=S)N1. The molecular weight excluding hydrogens is 258 g/mol. The molecule has 5 heteroatoms. The molecule has 19 heavy (non-hydrogen) atoms. The monoisotopic (exact) mass is 275 g/mol. The molecule has 0 saturated heterocycles. The van der Waals surface area contributed by atoms with Gasteiger partial charge in [0.05, 0.1) is 12.1 Å². The number of carbonyl (C=O) groups is 1. The van der Waals surface area contributed by atoms with E-state index in [-0.39, 0.29) is 5.91 Å².